The Morgan fingerprint density at radius 3 is 2.92 bits per heavy atom. The highest BCUT2D eigenvalue weighted by Crippen LogP contribution is 2.36. The molecule has 1 heterocycles. The second-order valence-corrected chi connectivity index (χ2v) is 5.81. The van der Waals surface area contributed by atoms with E-state index >= 15 is 0 Å². The predicted octanol–water partition coefficient (Wildman–Crippen LogP) is 2.76. The molecule has 0 amide bonds. The zero-order chi connectivity index (χ0) is 9.26. The molecule has 5 heteroatoms. The van der Waals surface area contributed by atoms with E-state index in [1.165, 1.54) is 12.8 Å². The van der Waals surface area contributed by atoms with Gasteiger partial charge in [0.25, 0.3) is 0 Å². The first-order chi connectivity index (χ1) is 6.25. The lowest BCUT2D eigenvalue weighted by Crippen LogP contribution is -2.12. The Labute approximate surface area is 90.1 Å². The van der Waals surface area contributed by atoms with Crippen LogP contribution in [0.3, 0.4) is 0 Å². The normalized spacial score (nSPS) is 18.6. The summed E-state index contributed by atoms with van der Waals surface area (Å²) in [7, 11) is 0. The SMILES string of the molecule is CC(CNc1nnc(Br)s1)C1CC1. The summed E-state index contributed by atoms with van der Waals surface area (Å²) in [6, 6.07) is 0. The van der Waals surface area contributed by atoms with Gasteiger partial charge in [0.1, 0.15) is 0 Å². The number of rotatable bonds is 4. The molecule has 0 radical (unpaired) electrons. The fourth-order valence-electron chi connectivity index (χ4n) is 1.36. The molecule has 0 bridgehead atoms. The molecule has 72 valence electrons. The van der Waals surface area contributed by atoms with E-state index in [1.807, 2.05) is 0 Å². The minimum absolute atomic E-state index is 0.766. The lowest BCUT2D eigenvalue weighted by atomic mass is 10.1. The van der Waals surface area contributed by atoms with Crippen LogP contribution in [-0.2, 0) is 0 Å². The van der Waals surface area contributed by atoms with Crippen molar-refractivity contribution < 1.29 is 0 Å². The molecule has 1 saturated carbocycles. The minimum atomic E-state index is 0.766. The predicted molar refractivity (Wildman–Crippen MR) is 58.0 cm³/mol. The van der Waals surface area contributed by atoms with Crippen molar-refractivity contribution in [2.75, 3.05) is 11.9 Å². The standard InChI is InChI=1S/C8H12BrN3S/c1-5(6-2-3-6)4-10-8-12-11-7(9)13-8/h5-6H,2-4H2,1H3,(H,10,12). The highest BCUT2D eigenvalue weighted by atomic mass is 79.9. The third kappa shape index (κ3) is 2.64. The average Bonchev–Trinajstić information content (AvgIpc) is 2.87. The first kappa shape index (κ1) is 9.40. The largest absolute Gasteiger partial charge is 0.360 e. The summed E-state index contributed by atoms with van der Waals surface area (Å²) < 4.78 is 0.842. The van der Waals surface area contributed by atoms with Gasteiger partial charge in [-0.15, -0.1) is 10.2 Å². The van der Waals surface area contributed by atoms with Gasteiger partial charge in [-0.2, -0.15) is 0 Å². The van der Waals surface area contributed by atoms with Crippen LogP contribution in [0.15, 0.2) is 3.92 Å². The molecule has 13 heavy (non-hydrogen) atoms. The maximum atomic E-state index is 3.98. The van der Waals surface area contributed by atoms with Crippen LogP contribution in [0.5, 0.6) is 0 Å². The van der Waals surface area contributed by atoms with Gasteiger partial charge >= 0.3 is 0 Å². The smallest absolute Gasteiger partial charge is 0.206 e. The van der Waals surface area contributed by atoms with E-state index in [9.17, 15) is 0 Å². The van der Waals surface area contributed by atoms with Crippen molar-refractivity contribution in [2.24, 2.45) is 11.8 Å². The molecule has 1 atom stereocenters. The van der Waals surface area contributed by atoms with Gasteiger partial charge in [0.2, 0.25) is 5.13 Å². The Bertz CT molecular complexity index is 285. The molecule has 0 spiro atoms. The molecule has 0 aromatic carbocycles. The fourth-order valence-corrected chi connectivity index (χ4v) is 2.37. The van der Waals surface area contributed by atoms with E-state index in [0.717, 1.165) is 27.4 Å². The van der Waals surface area contributed by atoms with Gasteiger partial charge in [-0.05, 0) is 40.6 Å². The Morgan fingerprint density at radius 1 is 1.62 bits per heavy atom. The lowest BCUT2D eigenvalue weighted by molar-refractivity contribution is 0.536. The van der Waals surface area contributed by atoms with Crippen LogP contribution in [0.4, 0.5) is 5.13 Å². The number of aromatic nitrogens is 2. The second-order valence-electron chi connectivity index (χ2n) is 3.56. The number of halogens is 1. The molecule has 1 unspecified atom stereocenters. The monoisotopic (exact) mass is 261 g/mol. The molecular weight excluding hydrogens is 250 g/mol. The van der Waals surface area contributed by atoms with E-state index in [2.05, 4.69) is 38.4 Å². The van der Waals surface area contributed by atoms with Gasteiger partial charge in [0, 0.05) is 6.54 Å². The van der Waals surface area contributed by atoms with Crippen LogP contribution in [0.2, 0.25) is 0 Å². The number of hydrogen-bond acceptors (Lipinski definition) is 4. The first-order valence-electron chi connectivity index (χ1n) is 4.48. The van der Waals surface area contributed by atoms with Gasteiger partial charge in [0.05, 0.1) is 0 Å². The molecule has 0 aliphatic heterocycles. The quantitative estimate of drug-likeness (QED) is 0.906. The Hall–Kier alpha value is -0.160. The Kier molecular flexibility index (Phi) is 2.83. The summed E-state index contributed by atoms with van der Waals surface area (Å²) in [5, 5.41) is 12.1. The lowest BCUT2D eigenvalue weighted by Gasteiger charge is -2.09. The summed E-state index contributed by atoms with van der Waals surface area (Å²) in [5.41, 5.74) is 0. The van der Waals surface area contributed by atoms with Crippen molar-refractivity contribution in [1.29, 1.82) is 0 Å². The second kappa shape index (κ2) is 3.92. The van der Waals surface area contributed by atoms with Gasteiger partial charge in [-0.3, -0.25) is 0 Å². The molecule has 0 saturated heterocycles. The molecule has 1 aromatic heterocycles. The third-order valence-electron chi connectivity index (χ3n) is 2.40. The zero-order valence-corrected chi connectivity index (χ0v) is 9.86. The van der Waals surface area contributed by atoms with Crippen molar-refractivity contribution in [2.45, 2.75) is 19.8 Å². The molecule has 1 aliphatic carbocycles. The van der Waals surface area contributed by atoms with E-state index in [4.69, 9.17) is 0 Å². The van der Waals surface area contributed by atoms with Crippen molar-refractivity contribution in [3.8, 4) is 0 Å². The topological polar surface area (TPSA) is 37.8 Å². The van der Waals surface area contributed by atoms with Crippen molar-refractivity contribution in [3.63, 3.8) is 0 Å². The summed E-state index contributed by atoms with van der Waals surface area (Å²) in [6.45, 7) is 3.31. The fraction of sp³-hybridized carbons (Fsp3) is 0.750. The van der Waals surface area contributed by atoms with E-state index < -0.39 is 0 Å². The molecule has 3 nitrogen and oxygen atoms in total. The van der Waals surface area contributed by atoms with Crippen LogP contribution < -0.4 is 5.32 Å². The van der Waals surface area contributed by atoms with Gasteiger partial charge < -0.3 is 5.32 Å². The van der Waals surface area contributed by atoms with E-state index in [0.29, 0.717) is 0 Å². The minimum Gasteiger partial charge on any atom is -0.360 e. The number of nitrogens with one attached hydrogen (secondary N) is 1. The summed E-state index contributed by atoms with van der Waals surface area (Å²) in [5.74, 6) is 1.71. The highest BCUT2D eigenvalue weighted by molar-refractivity contribution is 9.11. The maximum absolute atomic E-state index is 3.98. The van der Waals surface area contributed by atoms with Crippen LogP contribution in [0.1, 0.15) is 19.8 Å². The maximum Gasteiger partial charge on any atom is 0.206 e. The van der Waals surface area contributed by atoms with Gasteiger partial charge in [-0.25, -0.2) is 0 Å². The molecular formula is C8H12BrN3S. The summed E-state index contributed by atoms with van der Waals surface area (Å²) >= 11 is 4.83. The molecule has 2 rings (SSSR count). The third-order valence-corrected chi connectivity index (χ3v) is 3.72. The van der Waals surface area contributed by atoms with Gasteiger partial charge in [0.15, 0.2) is 3.92 Å². The van der Waals surface area contributed by atoms with Crippen LogP contribution in [0.25, 0.3) is 0 Å². The molecule has 1 N–H and O–H groups in total. The highest BCUT2D eigenvalue weighted by Gasteiger charge is 2.27. The van der Waals surface area contributed by atoms with Crippen molar-refractivity contribution in [3.05, 3.63) is 3.92 Å². The number of nitrogens with zero attached hydrogens (tertiary/aromatic N) is 2. The number of hydrogen-bond donors (Lipinski definition) is 1. The molecule has 1 aromatic rings. The van der Waals surface area contributed by atoms with Crippen molar-refractivity contribution >= 4 is 32.4 Å². The molecule has 1 aliphatic rings. The van der Waals surface area contributed by atoms with Crippen LogP contribution in [-0.4, -0.2) is 16.7 Å². The first-order valence-corrected chi connectivity index (χ1v) is 6.09. The van der Waals surface area contributed by atoms with E-state index in [-0.39, 0.29) is 0 Å². The van der Waals surface area contributed by atoms with Crippen LogP contribution in [0, 0.1) is 11.8 Å². The average molecular weight is 262 g/mol. The summed E-state index contributed by atoms with van der Waals surface area (Å²) in [6.07, 6.45) is 2.81. The van der Waals surface area contributed by atoms with E-state index in [1.54, 1.807) is 11.3 Å². The van der Waals surface area contributed by atoms with Crippen molar-refractivity contribution in [1.82, 2.24) is 10.2 Å². The molecule has 1 fully saturated rings. The van der Waals surface area contributed by atoms with Gasteiger partial charge in [-0.1, -0.05) is 18.3 Å². The summed E-state index contributed by atoms with van der Waals surface area (Å²) in [4.78, 5) is 0. The Morgan fingerprint density at radius 2 is 2.38 bits per heavy atom. The Balaban J connectivity index is 1.78. The number of anilines is 1. The van der Waals surface area contributed by atoms with Crippen LogP contribution >= 0.6 is 27.3 Å². The zero-order valence-electron chi connectivity index (χ0n) is 7.46.